The van der Waals surface area contributed by atoms with Gasteiger partial charge >= 0.3 is 6.18 Å². The number of piperidine rings is 1. The molecule has 0 N–H and O–H groups in total. The molecule has 0 unspecified atom stereocenters. The first-order valence-corrected chi connectivity index (χ1v) is 12.0. The SMILES string of the molecule is N#CC1(c2cccc(C(F)(F)F)c2)CCN(CCCC(c2ccc(F)cc2)c2ccc(F)cc2)CC1. The van der Waals surface area contributed by atoms with Crippen LogP contribution in [0.5, 0.6) is 0 Å². The monoisotopic (exact) mass is 498 g/mol. The zero-order chi connectivity index (χ0) is 25.8. The molecule has 0 amide bonds. The molecule has 1 saturated heterocycles. The van der Waals surface area contributed by atoms with Crippen LogP contribution in [0.15, 0.2) is 72.8 Å². The third kappa shape index (κ3) is 5.93. The Morgan fingerprint density at radius 2 is 1.42 bits per heavy atom. The van der Waals surface area contributed by atoms with Gasteiger partial charge in [0.25, 0.3) is 0 Å². The summed E-state index contributed by atoms with van der Waals surface area (Å²) in [5, 5.41) is 9.91. The summed E-state index contributed by atoms with van der Waals surface area (Å²) in [6, 6.07) is 20.1. The van der Waals surface area contributed by atoms with E-state index in [0.29, 0.717) is 31.5 Å². The lowest BCUT2D eigenvalue weighted by molar-refractivity contribution is -0.137. The van der Waals surface area contributed by atoms with Crippen molar-refractivity contribution in [3.63, 3.8) is 0 Å². The molecular weight excluding hydrogens is 471 g/mol. The molecule has 0 atom stereocenters. The van der Waals surface area contributed by atoms with E-state index in [9.17, 15) is 27.2 Å². The van der Waals surface area contributed by atoms with Gasteiger partial charge in [-0.1, -0.05) is 42.5 Å². The number of alkyl halides is 3. The normalized spacial score (nSPS) is 16.1. The summed E-state index contributed by atoms with van der Waals surface area (Å²) in [5.41, 5.74) is 0.670. The van der Waals surface area contributed by atoms with Gasteiger partial charge in [0.2, 0.25) is 0 Å². The van der Waals surface area contributed by atoms with Crippen LogP contribution in [0.3, 0.4) is 0 Å². The number of likely N-dealkylation sites (tertiary alicyclic amines) is 1. The van der Waals surface area contributed by atoms with Gasteiger partial charge in [-0.25, -0.2) is 8.78 Å². The van der Waals surface area contributed by atoms with Crippen molar-refractivity contribution in [3.8, 4) is 6.07 Å². The predicted molar refractivity (Wildman–Crippen MR) is 128 cm³/mol. The summed E-state index contributed by atoms with van der Waals surface area (Å²) >= 11 is 0. The van der Waals surface area contributed by atoms with E-state index in [4.69, 9.17) is 0 Å². The maximum Gasteiger partial charge on any atom is 0.416 e. The van der Waals surface area contributed by atoms with E-state index in [1.807, 2.05) is 0 Å². The third-order valence-electron chi connectivity index (χ3n) is 7.18. The molecule has 3 aromatic rings. The lowest BCUT2D eigenvalue weighted by Gasteiger charge is -2.38. The van der Waals surface area contributed by atoms with Crippen molar-refractivity contribution in [3.05, 3.63) is 107 Å². The molecule has 7 heteroatoms. The highest BCUT2D eigenvalue weighted by Gasteiger charge is 2.38. The molecule has 0 spiro atoms. The average molecular weight is 499 g/mol. The minimum Gasteiger partial charge on any atom is -0.303 e. The van der Waals surface area contributed by atoms with Crippen molar-refractivity contribution < 1.29 is 22.0 Å². The Kier molecular flexibility index (Phi) is 7.75. The van der Waals surface area contributed by atoms with Crippen LogP contribution in [0.25, 0.3) is 0 Å². The van der Waals surface area contributed by atoms with Gasteiger partial charge in [-0.2, -0.15) is 18.4 Å². The van der Waals surface area contributed by atoms with E-state index in [0.717, 1.165) is 42.6 Å². The molecule has 0 aromatic heterocycles. The Labute approximate surface area is 208 Å². The minimum atomic E-state index is -4.45. The second-order valence-corrected chi connectivity index (χ2v) is 9.41. The van der Waals surface area contributed by atoms with E-state index in [1.54, 1.807) is 30.3 Å². The van der Waals surface area contributed by atoms with Crippen LogP contribution < -0.4 is 0 Å². The average Bonchev–Trinajstić information content (AvgIpc) is 2.88. The van der Waals surface area contributed by atoms with Crippen LogP contribution >= 0.6 is 0 Å². The van der Waals surface area contributed by atoms with Gasteiger partial charge < -0.3 is 4.90 Å². The number of nitriles is 1. The highest BCUT2D eigenvalue weighted by atomic mass is 19.4. The fourth-order valence-corrected chi connectivity index (χ4v) is 5.05. The highest BCUT2D eigenvalue weighted by Crippen LogP contribution is 2.38. The van der Waals surface area contributed by atoms with Gasteiger partial charge in [-0.05, 0) is 92.3 Å². The molecule has 1 heterocycles. The molecule has 0 aliphatic carbocycles. The number of halogens is 5. The molecule has 0 saturated carbocycles. The van der Waals surface area contributed by atoms with Crippen LogP contribution in [-0.4, -0.2) is 24.5 Å². The van der Waals surface area contributed by atoms with Gasteiger partial charge in [0.15, 0.2) is 0 Å². The van der Waals surface area contributed by atoms with E-state index in [1.165, 1.54) is 30.3 Å². The van der Waals surface area contributed by atoms with Crippen molar-refractivity contribution in [2.75, 3.05) is 19.6 Å². The molecule has 36 heavy (non-hydrogen) atoms. The summed E-state index contributed by atoms with van der Waals surface area (Å²) in [5.74, 6) is -0.641. The highest BCUT2D eigenvalue weighted by molar-refractivity contribution is 5.37. The standard InChI is InChI=1S/C29H27F5N2/c30-25-10-6-21(7-11-25)27(22-8-12-26(31)13-9-22)5-2-16-36-17-14-28(20-35,15-18-36)23-3-1-4-24(19-23)29(32,33)34/h1,3-4,6-13,19,27H,2,5,14-18H2. The second kappa shape index (κ2) is 10.8. The molecule has 0 radical (unpaired) electrons. The molecule has 1 fully saturated rings. The van der Waals surface area contributed by atoms with Crippen molar-refractivity contribution in [2.24, 2.45) is 0 Å². The molecule has 1 aliphatic rings. The van der Waals surface area contributed by atoms with E-state index in [2.05, 4.69) is 11.0 Å². The van der Waals surface area contributed by atoms with Crippen LogP contribution in [0.4, 0.5) is 22.0 Å². The molecule has 4 rings (SSSR count). The van der Waals surface area contributed by atoms with Crippen molar-refractivity contribution >= 4 is 0 Å². The number of rotatable bonds is 7. The predicted octanol–water partition coefficient (Wildman–Crippen LogP) is 7.45. The lowest BCUT2D eigenvalue weighted by atomic mass is 9.73. The summed E-state index contributed by atoms with van der Waals surface area (Å²) in [6.45, 7) is 1.99. The van der Waals surface area contributed by atoms with Gasteiger partial charge in [0.05, 0.1) is 17.0 Å². The van der Waals surface area contributed by atoms with Crippen LogP contribution in [0.1, 0.15) is 53.9 Å². The Hall–Kier alpha value is -3.24. The van der Waals surface area contributed by atoms with E-state index in [-0.39, 0.29) is 17.6 Å². The summed E-state index contributed by atoms with van der Waals surface area (Å²) in [6.07, 6.45) is -1.93. The smallest absolute Gasteiger partial charge is 0.303 e. The van der Waals surface area contributed by atoms with Crippen molar-refractivity contribution in [2.45, 2.75) is 43.2 Å². The van der Waals surface area contributed by atoms with Crippen LogP contribution in [0, 0.1) is 23.0 Å². The van der Waals surface area contributed by atoms with Gasteiger partial charge in [0.1, 0.15) is 11.6 Å². The number of benzene rings is 3. The molecule has 3 aromatic carbocycles. The van der Waals surface area contributed by atoms with Gasteiger partial charge in [0, 0.05) is 5.92 Å². The quantitative estimate of drug-likeness (QED) is 0.316. The maximum atomic E-state index is 13.5. The first-order valence-electron chi connectivity index (χ1n) is 12.0. The summed E-state index contributed by atoms with van der Waals surface area (Å²) in [7, 11) is 0. The summed E-state index contributed by atoms with van der Waals surface area (Å²) in [4.78, 5) is 2.23. The lowest BCUT2D eigenvalue weighted by Crippen LogP contribution is -2.42. The number of nitrogens with zero attached hydrogens (tertiary/aromatic N) is 2. The largest absolute Gasteiger partial charge is 0.416 e. The van der Waals surface area contributed by atoms with Crippen LogP contribution in [0.2, 0.25) is 0 Å². The maximum absolute atomic E-state index is 13.5. The number of hydrogen-bond donors (Lipinski definition) is 0. The molecule has 0 bridgehead atoms. The minimum absolute atomic E-state index is 0.0145. The van der Waals surface area contributed by atoms with Crippen molar-refractivity contribution in [1.82, 2.24) is 4.90 Å². The fraction of sp³-hybridized carbons (Fsp3) is 0.345. The van der Waals surface area contributed by atoms with Gasteiger partial charge in [-0.15, -0.1) is 0 Å². The Morgan fingerprint density at radius 1 is 0.861 bits per heavy atom. The Balaban J connectivity index is 1.39. The molecular formula is C29H27F5N2. The Bertz CT molecular complexity index is 1140. The van der Waals surface area contributed by atoms with Crippen LogP contribution in [-0.2, 0) is 11.6 Å². The first kappa shape index (κ1) is 25.8. The second-order valence-electron chi connectivity index (χ2n) is 9.41. The van der Waals surface area contributed by atoms with Gasteiger partial charge in [-0.3, -0.25) is 0 Å². The van der Waals surface area contributed by atoms with E-state index >= 15 is 0 Å². The third-order valence-corrected chi connectivity index (χ3v) is 7.18. The summed E-state index contributed by atoms with van der Waals surface area (Å²) < 4.78 is 66.5. The topological polar surface area (TPSA) is 27.0 Å². The van der Waals surface area contributed by atoms with E-state index < -0.39 is 17.2 Å². The molecule has 188 valence electrons. The number of hydrogen-bond acceptors (Lipinski definition) is 2. The molecule has 1 aliphatic heterocycles. The zero-order valence-electron chi connectivity index (χ0n) is 19.7. The fourth-order valence-electron chi connectivity index (χ4n) is 5.05. The Morgan fingerprint density at radius 3 is 1.92 bits per heavy atom. The molecule has 2 nitrogen and oxygen atoms in total. The zero-order valence-corrected chi connectivity index (χ0v) is 19.7. The van der Waals surface area contributed by atoms with Crippen molar-refractivity contribution in [1.29, 1.82) is 5.26 Å². The first-order chi connectivity index (χ1) is 17.2.